The van der Waals surface area contributed by atoms with Crippen LogP contribution in [0.2, 0.25) is 0 Å². The van der Waals surface area contributed by atoms with E-state index in [1.54, 1.807) is 36.4 Å². The molecule has 0 unspecified atom stereocenters. The smallest absolute Gasteiger partial charge is 0.393 e. The minimum absolute atomic E-state index is 0.0898. The quantitative estimate of drug-likeness (QED) is 0.621. The van der Waals surface area contributed by atoms with Gasteiger partial charge < -0.3 is 5.11 Å². The van der Waals surface area contributed by atoms with Crippen LogP contribution in [-0.2, 0) is 22.0 Å². The molecule has 0 fully saturated rings. The van der Waals surface area contributed by atoms with Gasteiger partial charge in [0, 0.05) is 11.8 Å². The minimum atomic E-state index is -4.33. The van der Waals surface area contributed by atoms with Crippen molar-refractivity contribution in [1.82, 2.24) is 0 Å². The van der Waals surface area contributed by atoms with Crippen LogP contribution in [0.3, 0.4) is 0 Å². The predicted molar refractivity (Wildman–Crippen MR) is 109 cm³/mol. The number of phenols is 1. The summed E-state index contributed by atoms with van der Waals surface area (Å²) in [6, 6.07) is 9.79. The van der Waals surface area contributed by atoms with Gasteiger partial charge in [-0.15, -0.1) is 0 Å². The number of alkyl halides is 3. The molecular formula is C24H25F3O2. The van der Waals surface area contributed by atoms with Gasteiger partial charge in [0.2, 0.25) is 0 Å². The van der Waals surface area contributed by atoms with Crippen LogP contribution < -0.4 is 0 Å². The summed E-state index contributed by atoms with van der Waals surface area (Å²) < 4.78 is 39.8. The summed E-state index contributed by atoms with van der Waals surface area (Å²) in [5.41, 5.74) is 1.74. The van der Waals surface area contributed by atoms with Gasteiger partial charge in [0.1, 0.15) is 11.5 Å². The normalized spacial score (nSPS) is 18.1. The van der Waals surface area contributed by atoms with Crippen molar-refractivity contribution in [3.63, 3.8) is 0 Å². The molecule has 2 aromatic rings. The first-order chi connectivity index (χ1) is 13.3. The second-order valence-electron chi connectivity index (χ2n) is 8.92. The lowest BCUT2D eigenvalue weighted by atomic mass is 9.61. The van der Waals surface area contributed by atoms with Crippen molar-refractivity contribution in [3.05, 3.63) is 64.2 Å². The lowest BCUT2D eigenvalue weighted by Gasteiger charge is -2.41. The Kier molecular flexibility index (Phi) is 5.14. The number of halogens is 3. The Bertz CT molecular complexity index is 965. The molecular weight excluding hydrogens is 377 g/mol. The molecule has 0 atom stereocenters. The number of phenolic OH excluding ortho intramolecular Hbond substituents is 1. The fourth-order valence-corrected chi connectivity index (χ4v) is 3.90. The van der Waals surface area contributed by atoms with Crippen molar-refractivity contribution in [2.75, 3.05) is 0 Å². The van der Waals surface area contributed by atoms with Crippen molar-refractivity contribution in [2.45, 2.75) is 57.5 Å². The van der Waals surface area contributed by atoms with Gasteiger partial charge >= 0.3 is 6.18 Å². The predicted octanol–water partition coefficient (Wildman–Crippen LogP) is 6.20. The molecule has 29 heavy (non-hydrogen) atoms. The maximum Gasteiger partial charge on any atom is 0.393 e. The van der Waals surface area contributed by atoms with Crippen LogP contribution in [0.15, 0.2) is 36.4 Å². The highest BCUT2D eigenvalue weighted by molar-refractivity contribution is 5.93. The highest BCUT2D eigenvalue weighted by atomic mass is 19.4. The zero-order valence-corrected chi connectivity index (χ0v) is 17.0. The number of carbonyl (C=O) groups is 1. The number of Topliss-reactive ketones (excluding diaryl/α,β-unsaturated/α-hetero) is 1. The van der Waals surface area contributed by atoms with Crippen LogP contribution in [0.1, 0.15) is 61.9 Å². The van der Waals surface area contributed by atoms with Gasteiger partial charge in [0.05, 0.1) is 6.42 Å². The standard InChI is InChI=1S/C24H25F3O2/c1-22(2)14-21(29)23(3,4)20-11-16(8-5-15-6-9-18(28)10-7-15)17(12-19(20)22)13-24(25,26)27/h5-12,28H,13-14H2,1-4H3/b8-5+. The van der Waals surface area contributed by atoms with E-state index >= 15 is 0 Å². The third kappa shape index (κ3) is 4.39. The molecule has 3 rings (SSSR count). The molecule has 0 spiro atoms. The lowest BCUT2D eigenvalue weighted by molar-refractivity contribution is -0.128. The Morgan fingerprint density at radius 1 is 1.00 bits per heavy atom. The van der Waals surface area contributed by atoms with Gasteiger partial charge in [-0.25, -0.2) is 0 Å². The van der Waals surface area contributed by atoms with Crippen LogP contribution in [-0.4, -0.2) is 17.1 Å². The van der Waals surface area contributed by atoms with Crippen molar-refractivity contribution < 1.29 is 23.1 Å². The molecule has 0 radical (unpaired) electrons. The Hall–Kier alpha value is -2.56. The molecule has 0 bridgehead atoms. The monoisotopic (exact) mass is 402 g/mol. The molecule has 0 aromatic heterocycles. The number of fused-ring (bicyclic) bond motifs is 1. The Labute approximate surface area is 169 Å². The van der Waals surface area contributed by atoms with E-state index in [4.69, 9.17) is 0 Å². The number of rotatable bonds is 3. The van der Waals surface area contributed by atoms with E-state index in [0.717, 1.165) is 16.7 Å². The van der Waals surface area contributed by atoms with Crippen molar-refractivity contribution in [2.24, 2.45) is 0 Å². The van der Waals surface area contributed by atoms with Crippen molar-refractivity contribution in [3.8, 4) is 5.75 Å². The summed E-state index contributed by atoms with van der Waals surface area (Å²) in [5, 5.41) is 9.40. The van der Waals surface area contributed by atoms with Gasteiger partial charge in [0.25, 0.3) is 0 Å². The number of hydrogen-bond donors (Lipinski definition) is 1. The van der Waals surface area contributed by atoms with Crippen LogP contribution in [0.25, 0.3) is 12.2 Å². The molecule has 0 saturated heterocycles. The minimum Gasteiger partial charge on any atom is -0.508 e. The van der Waals surface area contributed by atoms with Gasteiger partial charge in [-0.3, -0.25) is 4.79 Å². The maximum absolute atomic E-state index is 13.3. The van der Waals surface area contributed by atoms with E-state index in [1.807, 2.05) is 27.7 Å². The molecule has 0 amide bonds. The van der Waals surface area contributed by atoms with Gasteiger partial charge in [0.15, 0.2) is 0 Å². The first-order valence-corrected chi connectivity index (χ1v) is 9.55. The topological polar surface area (TPSA) is 37.3 Å². The summed E-state index contributed by atoms with van der Waals surface area (Å²) >= 11 is 0. The SMILES string of the molecule is CC1(C)CC(=O)C(C)(C)c2cc(/C=C/c3ccc(O)cc3)c(CC(F)(F)F)cc21. The molecule has 2 aromatic carbocycles. The molecule has 2 nitrogen and oxygen atoms in total. The largest absolute Gasteiger partial charge is 0.508 e. The van der Waals surface area contributed by atoms with Crippen LogP contribution >= 0.6 is 0 Å². The van der Waals surface area contributed by atoms with Crippen LogP contribution in [0.4, 0.5) is 13.2 Å². The molecule has 1 aliphatic carbocycles. The highest BCUT2D eigenvalue weighted by Crippen LogP contribution is 2.45. The second kappa shape index (κ2) is 7.05. The van der Waals surface area contributed by atoms with Gasteiger partial charge in [-0.1, -0.05) is 50.3 Å². The third-order valence-electron chi connectivity index (χ3n) is 5.72. The van der Waals surface area contributed by atoms with E-state index in [-0.39, 0.29) is 17.1 Å². The maximum atomic E-state index is 13.3. The average Bonchev–Trinajstić information content (AvgIpc) is 2.58. The summed E-state index contributed by atoms with van der Waals surface area (Å²) in [4.78, 5) is 12.7. The van der Waals surface area contributed by atoms with Crippen LogP contribution in [0.5, 0.6) is 5.75 Å². The zero-order chi connectivity index (χ0) is 21.6. The molecule has 1 aliphatic rings. The molecule has 0 saturated carbocycles. The molecule has 0 heterocycles. The summed E-state index contributed by atoms with van der Waals surface area (Å²) in [7, 11) is 0. The second-order valence-corrected chi connectivity index (χ2v) is 8.92. The molecule has 154 valence electrons. The Morgan fingerprint density at radius 2 is 1.62 bits per heavy atom. The van der Waals surface area contributed by atoms with E-state index in [1.165, 1.54) is 12.1 Å². The zero-order valence-electron chi connectivity index (χ0n) is 17.0. The van der Waals surface area contributed by atoms with Crippen molar-refractivity contribution in [1.29, 1.82) is 0 Å². The Balaban J connectivity index is 2.17. The third-order valence-corrected chi connectivity index (χ3v) is 5.72. The fourth-order valence-electron chi connectivity index (χ4n) is 3.90. The molecule has 0 aliphatic heterocycles. The van der Waals surface area contributed by atoms with E-state index in [0.29, 0.717) is 12.0 Å². The number of aromatic hydroxyl groups is 1. The summed E-state index contributed by atoms with van der Waals surface area (Å²) in [5.74, 6) is 0.211. The summed E-state index contributed by atoms with van der Waals surface area (Å²) in [6.45, 7) is 7.48. The number of carbonyl (C=O) groups excluding carboxylic acids is 1. The summed E-state index contributed by atoms with van der Waals surface area (Å²) in [6.07, 6.45) is -1.69. The Morgan fingerprint density at radius 3 is 2.21 bits per heavy atom. The number of ketones is 1. The average molecular weight is 402 g/mol. The molecule has 5 heteroatoms. The number of hydrogen-bond acceptors (Lipinski definition) is 2. The number of benzene rings is 2. The molecule has 1 N–H and O–H groups in total. The lowest BCUT2D eigenvalue weighted by Crippen LogP contribution is -2.42. The highest BCUT2D eigenvalue weighted by Gasteiger charge is 2.44. The first kappa shape index (κ1) is 21.2. The first-order valence-electron chi connectivity index (χ1n) is 9.55. The van der Waals surface area contributed by atoms with E-state index in [9.17, 15) is 23.1 Å². The fraction of sp³-hybridized carbons (Fsp3) is 0.375. The van der Waals surface area contributed by atoms with Crippen molar-refractivity contribution >= 4 is 17.9 Å². The van der Waals surface area contributed by atoms with Gasteiger partial charge in [-0.2, -0.15) is 13.2 Å². The van der Waals surface area contributed by atoms with E-state index in [2.05, 4.69) is 0 Å². The van der Waals surface area contributed by atoms with E-state index < -0.39 is 23.4 Å². The van der Waals surface area contributed by atoms with Crippen LogP contribution in [0, 0.1) is 0 Å². The van der Waals surface area contributed by atoms with Gasteiger partial charge in [-0.05, 0) is 59.2 Å².